The Kier molecular flexibility index (Phi) is 4.92. The molecule has 1 aliphatic carbocycles. The number of likely N-dealkylation sites (tertiary alicyclic amines) is 1. The molecule has 1 saturated heterocycles. The summed E-state index contributed by atoms with van der Waals surface area (Å²) in [6.07, 6.45) is 6.45. The molecule has 0 radical (unpaired) electrons. The van der Waals surface area contributed by atoms with E-state index in [0.717, 1.165) is 38.6 Å². The third-order valence-corrected chi connectivity index (χ3v) is 5.26. The van der Waals surface area contributed by atoms with Crippen molar-refractivity contribution >= 4 is 6.03 Å². The summed E-state index contributed by atoms with van der Waals surface area (Å²) < 4.78 is 10.8. The normalized spacial score (nSPS) is 24.3. The van der Waals surface area contributed by atoms with Gasteiger partial charge in [0.2, 0.25) is 0 Å². The van der Waals surface area contributed by atoms with Gasteiger partial charge in [-0.25, -0.2) is 4.79 Å². The average Bonchev–Trinajstić information content (AvgIpc) is 3.17. The molecule has 1 aromatic rings. The number of carbonyl (C=O) groups is 1. The minimum absolute atomic E-state index is 0.0509. The van der Waals surface area contributed by atoms with Crippen molar-refractivity contribution in [1.29, 1.82) is 0 Å². The fourth-order valence-corrected chi connectivity index (χ4v) is 3.57. The van der Waals surface area contributed by atoms with Gasteiger partial charge in [0, 0.05) is 32.7 Å². The first-order chi connectivity index (χ1) is 11.1. The Bertz CT molecular complexity index is 507. The summed E-state index contributed by atoms with van der Waals surface area (Å²) in [6, 6.07) is 3.53. The van der Waals surface area contributed by atoms with Crippen molar-refractivity contribution in [2.45, 2.75) is 56.3 Å². The highest BCUT2D eigenvalue weighted by atomic mass is 16.5. The van der Waals surface area contributed by atoms with Gasteiger partial charge < -0.3 is 24.5 Å². The van der Waals surface area contributed by atoms with E-state index in [2.05, 4.69) is 5.32 Å². The molecule has 0 aromatic carbocycles. The highest BCUT2D eigenvalue weighted by Gasteiger charge is 2.38. The van der Waals surface area contributed by atoms with E-state index in [1.807, 2.05) is 4.90 Å². The number of aliphatic hydroxyl groups is 1. The van der Waals surface area contributed by atoms with Crippen LogP contribution in [0.5, 0.6) is 0 Å². The van der Waals surface area contributed by atoms with Crippen molar-refractivity contribution in [3.63, 3.8) is 0 Å². The number of aliphatic hydroxyl groups excluding tert-OH is 1. The van der Waals surface area contributed by atoms with E-state index < -0.39 is 6.10 Å². The minimum atomic E-state index is -0.666. The molecule has 2 atom stereocenters. The van der Waals surface area contributed by atoms with Crippen molar-refractivity contribution in [2.24, 2.45) is 0 Å². The number of nitrogens with one attached hydrogen (secondary N) is 1. The Morgan fingerprint density at radius 1 is 1.57 bits per heavy atom. The second-order valence-electron chi connectivity index (χ2n) is 6.66. The van der Waals surface area contributed by atoms with Crippen LogP contribution in [-0.4, -0.2) is 47.9 Å². The van der Waals surface area contributed by atoms with Crippen LogP contribution >= 0.6 is 0 Å². The molecular weight excluding hydrogens is 296 g/mol. The third kappa shape index (κ3) is 3.53. The Morgan fingerprint density at radius 3 is 3.00 bits per heavy atom. The third-order valence-electron chi connectivity index (χ3n) is 5.26. The Balaban J connectivity index is 1.52. The molecule has 2 aliphatic rings. The number of carbonyl (C=O) groups excluding carboxylic acids is 1. The molecule has 1 aromatic heterocycles. The van der Waals surface area contributed by atoms with Crippen LogP contribution < -0.4 is 5.32 Å². The fraction of sp³-hybridized carbons (Fsp3) is 0.706. The van der Waals surface area contributed by atoms with Gasteiger partial charge in [0.25, 0.3) is 0 Å². The molecule has 0 spiro atoms. The van der Waals surface area contributed by atoms with Crippen LogP contribution in [0.3, 0.4) is 0 Å². The van der Waals surface area contributed by atoms with Crippen molar-refractivity contribution in [3.8, 4) is 0 Å². The average molecular weight is 322 g/mol. The van der Waals surface area contributed by atoms with Gasteiger partial charge in [-0.1, -0.05) is 0 Å². The monoisotopic (exact) mass is 322 g/mol. The summed E-state index contributed by atoms with van der Waals surface area (Å²) in [7, 11) is 1.71. The van der Waals surface area contributed by atoms with Crippen LogP contribution in [0.1, 0.15) is 50.4 Å². The molecule has 2 amide bonds. The summed E-state index contributed by atoms with van der Waals surface area (Å²) >= 11 is 0. The summed E-state index contributed by atoms with van der Waals surface area (Å²) in [5.74, 6) is 0.560. The quantitative estimate of drug-likeness (QED) is 0.843. The van der Waals surface area contributed by atoms with E-state index in [9.17, 15) is 9.90 Å². The molecule has 1 aliphatic heterocycles. The highest BCUT2D eigenvalue weighted by molar-refractivity contribution is 5.75. The maximum Gasteiger partial charge on any atom is 0.317 e. The first-order valence-electron chi connectivity index (χ1n) is 8.45. The van der Waals surface area contributed by atoms with Gasteiger partial charge >= 0.3 is 6.03 Å². The van der Waals surface area contributed by atoms with Crippen LogP contribution in [0.15, 0.2) is 22.8 Å². The van der Waals surface area contributed by atoms with Crippen molar-refractivity contribution < 1.29 is 19.1 Å². The topological polar surface area (TPSA) is 74.9 Å². The first kappa shape index (κ1) is 16.3. The molecule has 3 rings (SSSR count). The second kappa shape index (κ2) is 6.93. The van der Waals surface area contributed by atoms with Gasteiger partial charge in [-0.2, -0.15) is 0 Å². The van der Waals surface area contributed by atoms with Crippen LogP contribution in [0, 0.1) is 0 Å². The van der Waals surface area contributed by atoms with Crippen LogP contribution in [-0.2, 0) is 4.74 Å². The molecule has 2 heterocycles. The Morgan fingerprint density at radius 2 is 2.39 bits per heavy atom. The zero-order valence-electron chi connectivity index (χ0n) is 13.7. The molecule has 0 bridgehead atoms. The Hall–Kier alpha value is -1.53. The van der Waals surface area contributed by atoms with E-state index in [1.165, 1.54) is 0 Å². The van der Waals surface area contributed by atoms with Crippen molar-refractivity contribution in [3.05, 3.63) is 24.2 Å². The molecule has 2 unspecified atom stereocenters. The standard InChI is InChI=1S/C17H26N2O4/c1-22-17(7-4-8-17)12-18-16(21)19-9-2-5-13(19)11-14(20)15-6-3-10-23-15/h3,6,10,13-14,20H,2,4-5,7-9,11-12H2,1H3,(H,18,21). The SMILES string of the molecule is COC1(CNC(=O)N2CCCC2CC(O)c2ccco2)CCC1. The minimum Gasteiger partial charge on any atom is -0.467 e. The molecule has 2 fully saturated rings. The number of hydrogen-bond acceptors (Lipinski definition) is 4. The smallest absolute Gasteiger partial charge is 0.317 e. The molecule has 6 heteroatoms. The van der Waals surface area contributed by atoms with Crippen molar-refractivity contribution in [1.82, 2.24) is 10.2 Å². The molecule has 128 valence electrons. The lowest BCUT2D eigenvalue weighted by atomic mass is 9.80. The number of furan rings is 1. The lowest BCUT2D eigenvalue weighted by Gasteiger charge is -2.41. The predicted octanol–water partition coefficient (Wildman–Crippen LogP) is 2.45. The van der Waals surface area contributed by atoms with Crippen LogP contribution in [0.25, 0.3) is 0 Å². The van der Waals surface area contributed by atoms with Gasteiger partial charge in [-0.15, -0.1) is 0 Å². The van der Waals surface area contributed by atoms with Gasteiger partial charge in [0.05, 0.1) is 11.9 Å². The van der Waals surface area contributed by atoms with Gasteiger partial charge in [0.15, 0.2) is 0 Å². The number of rotatable bonds is 6. The number of ether oxygens (including phenoxy) is 1. The zero-order valence-corrected chi connectivity index (χ0v) is 13.7. The second-order valence-corrected chi connectivity index (χ2v) is 6.66. The maximum atomic E-state index is 12.5. The highest BCUT2D eigenvalue weighted by Crippen LogP contribution is 2.34. The first-order valence-corrected chi connectivity index (χ1v) is 8.45. The number of nitrogens with zero attached hydrogens (tertiary/aromatic N) is 1. The predicted molar refractivity (Wildman–Crippen MR) is 85.0 cm³/mol. The lowest BCUT2D eigenvalue weighted by molar-refractivity contribution is -0.0679. The van der Waals surface area contributed by atoms with Crippen LogP contribution in [0.4, 0.5) is 4.79 Å². The number of urea groups is 1. The molecule has 1 saturated carbocycles. The maximum absolute atomic E-state index is 12.5. The van der Waals surface area contributed by atoms with E-state index in [1.54, 1.807) is 25.5 Å². The van der Waals surface area contributed by atoms with E-state index >= 15 is 0 Å². The lowest BCUT2D eigenvalue weighted by Crippen LogP contribution is -2.52. The molecule has 2 N–H and O–H groups in total. The van der Waals surface area contributed by atoms with Crippen molar-refractivity contribution in [2.75, 3.05) is 20.2 Å². The number of hydrogen-bond donors (Lipinski definition) is 2. The summed E-state index contributed by atoms with van der Waals surface area (Å²) in [6.45, 7) is 1.30. The number of methoxy groups -OCH3 is 1. The van der Waals surface area contributed by atoms with E-state index in [-0.39, 0.29) is 17.7 Å². The largest absolute Gasteiger partial charge is 0.467 e. The molecular formula is C17H26N2O4. The summed E-state index contributed by atoms with van der Waals surface area (Å²) in [4.78, 5) is 14.3. The molecule has 23 heavy (non-hydrogen) atoms. The van der Waals surface area contributed by atoms with Gasteiger partial charge in [-0.05, 0) is 44.2 Å². The number of amides is 2. The molecule has 6 nitrogen and oxygen atoms in total. The van der Waals surface area contributed by atoms with Gasteiger partial charge in [0.1, 0.15) is 11.9 Å². The van der Waals surface area contributed by atoms with Crippen LogP contribution in [0.2, 0.25) is 0 Å². The summed E-state index contributed by atoms with van der Waals surface area (Å²) in [5, 5.41) is 13.3. The summed E-state index contributed by atoms with van der Waals surface area (Å²) in [5.41, 5.74) is -0.168. The van der Waals surface area contributed by atoms with E-state index in [0.29, 0.717) is 18.7 Å². The fourth-order valence-electron chi connectivity index (χ4n) is 3.57. The zero-order chi connectivity index (χ0) is 16.3. The Labute approximate surface area is 136 Å². The van der Waals surface area contributed by atoms with Gasteiger partial charge in [-0.3, -0.25) is 0 Å². The van der Waals surface area contributed by atoms with E-state index in [4.69, 9.17) is 9.15 Å².